The minimum Gasteiger partial charge on any atom is -0.387 e. The van der Waals surface area contributed by atoms with Crippen LogP contribution in [0.1, 0.15) is 17.4 Å². The first-order chi connectivity index (χ1) is 11.0. The number of nitrogens with zero attached hydrogens (tertiary/aromatic N) is 1. The summed E-state index contributed by atoms with van der Waals surface area (Å²) in [5.74, 6) is -1.05. The molecule has 7 nitrogen and oxygen atoms in total. The number of thioether (sulfide) groups is 1. The summed E-state index contributed by atoms with van der Waals surface area (Å²) < 4.78 is 4.78. The van der Waals surface area contributed by atoms with Crippen molar-refractivity contribution in [3.63, 3.8) is 0 Å². The van der Waals surface area contributed by atoms with Crippen molar-refractivity contribution in [2.75, 3.05) is 18.1 Å². The van der Waals surface area contributed by atoms with Crippen LogP contribution in [0.15, 0.2) is 39.8 Å². The molecule has 0 aliphatic rings. The van der Waals surface area contributed by atoms with E-state index in [1.165, 1.54) is 6.07 Å². The number of rotatable bonds is 5. The second-order valence-electron chi connectivity index (χ2n) is 4.78. The van der Waals surface area contributed by atoms with Gasteiger partial charge in [0.1, 0.15) is 5.76 Å². The number of hydrogen-bond acceptors (Lipinski definition) is 6. The van der Waals surface area contributed by atoms with Gasteiger partial charge in [0, 0.05) is 17.5 Å². The third-order valence-electron chi connectivity index (χ3n) is 3.03. The lowest BCUT2D eigenvalue weighted by atomic mass is 10.1. The van der Waals surface area contributed by atoms with Crippen molar-refractivity contribution < 1.29 is 19.2 Å². The summed E-state index contributed by atoms with van der Waals surface area (Å²) in [5, 5.41) is 18.3. The van der Waals surface area contributed by atoms with Crippen LogP contribution in [0.5, 0.6) is 0 Å². The van der Waals surface area contributed by atoms with E-state index in [0.29, 0.717) is 11.3 Å². The normalized spacial score (nSPS) is 11.8. The number of amides is 2. The summed E-state index contributed by atoms with van der Waals surface area (Å²) in [6, 6.07) is 8.81. The van der Waals surface area contributed by atoms with Crippen molar-refractivity contribution in [1.29, 1.82) is 0 Å². The minimum absolute atomic E-state index is 0.0668. The predicted octanol–water partition coefficient (Wildman–Crippen LogP) is 1.49. The molecule has 0 fully saturated rings. The highest BCUT2D eigenvalue weighted by molar-refractivity contribution is 7.98. The van der Waals surface area contributed by atoms with Crippen LogP contribution in [-0.2, 0) is 9.59 Å². The largest absolute Gasteiger partial charge is 0.387 e. The SMILES string of the molecule is CSc1ccc([C@@H](O)CNC(=O)C(=O)Nc2cc(C)on2)cc1. The van der Waals surface area contributed by atoms with E-state index < -0.39 is 17.9 Å². The van der Waals surface area contributed by atoms with E-state index in [2.05, 4.69) is 15.8 Å². The number of carbonyl (C=O) groups excluding carboxylic acids is 2. The predicted molar refractivity (Wildman–Crippen MR) is 86.1 cm³/mol. The molecule has 23 heavy (non-hydrogen) atoms. The summed E-state index contributed by atoms with van der Waals surface area (Å²) in [5.41, 5.74) is 0.663. The molecular weight excluding hydrogens is 318 g/mol. The molecule has 0 unspecified atom stereocenters. The molecule has 0 aliphatic heterocycles. The number of aliphatic hydroxyl groups is 1. The zero-order chi connectivity index (χ0) is 16.8. The topological polar surface area (TPSA) is 104 Å². The summed E-state index contributed by atoms with van der Waals surface area (Å²) in [7, 11) is 0. The quantitative estimate of drug-likeness (QED) is 0.565. The Morgan fingerprint density at radius 2 is 2.00 bits per heavy atom. The van der Waals surface area contributed by atoms with E-state index in [0.717, 1.165) is 4.90 Å². The molecule has 0 saturated carbocycles. The van der Waals surface area contributed by atoms with Crippen LogP contribution in [0, 0.1) is 6.92 Å². The number of carbonyl (C=O) groups is 2. The van der Waals surface area contributed by atoms with Gasteiger partial charge in [-0.25, -0.2) is 0 Å². The van der Waals surface area contributed by atoms with Crippen molar-refractivity contribution in [3.8, 4) is 0 Å². The highest BCUT2D eigenvalue weighted by Gasteiger charge is 2.17. The number of anilines is 1. The van der Waals surface area contributed by atoms with Crippen LogP contribution >= 0.6 is 11.8 Å². The molecule has 1 aromatic heterocycles. The molecule has 8 heteroatoms. The van der Waals surface area contributed by atoms with Gasteiger partial charge in [0.15, 0.2) is 5.82 Å². The zero-order valence-corrected chi connectivity index (χ0v) is 13.5. The zero-order valence-electron chi connectivity index (χ0n) is 12.7. The first kappa shape index (κ1) is 17.0. The lowest BCUT2D eigenvalue weighted by Crippen LogP contribution is -2.37. The second-order valence-corrected chi connectivity index (χ2v) is 5.66. The van der Waals surface area contributed by atoms with E-state index in [-0.39, 0.29) is 12.4 Å². The number of nitrogens with one attached hydrogen (secondary N) is 2. The van der Waals surface area contributed by atoms with Gasteiger partial charge in [-0.3, -0.25) is 14.9 Å². The molecule has 1 heterocycles. The summed E-state index contributed by atoms with van der Waals surface area (Å²) >= 11 is 1.60. The summed E-state index contributed by atoms with van der Waals surface area (Å²) in [4.78, 5) is 24.4. The van der Waals surface area contributed by atoms with Crippen LogP contribution in [-0.4, -0.2) is 34.9 Å². The van der Waals surface area contributed by atoms with Gasteiger partial charge < -0.3 is 14.9 Å². The molecule has 0 spiro atoms. The monoisotopic (exact) mass is 335 g/mol. The molecule has 2 rings (SSSR count). The van der Waals surface area contributed by atoms with Crippen LogP contribution < -0.4 is 10.6 Å². The Morgan fingerprint density at radius 1 is 1.30 bits per heavy atom. The van der Waals surface area contributed by atoms with Gasteiger partial charge in [-0.05, 0) is 30.9 Å². The maximum absolute atomic E-state index is 11.7. The second kappa shape index (κ2) is 7.80. The Kier molecular flexibility index (Phi) is 5.78. The van der Waals surface area contributed by atoms with Gasteiger partial charge in [0.05, 0.1) is 6.10 Å². The maximum atomic E-state index is 11.7. The lowest BCUT2D eigenvalue weighted by Gasteiger charge is -2.12. The highest BCUT2D eigenvalue weighted by Crippen LogP contribution is 2.18. The van der Waals surface area contributed by atoms with Gasteiger partial charge in [0.25, 0.3) is 0 Å². The highest BCUT2D eigenvalue weighted by atomic mass is 32.2. The van der Waals surface area contributed by atoms with Gasteiger partial charge in [-0.2, -0.15) is 0 Å². The average Bonchev–Trinajstić information content (AvgIpc) is 2.97. The van der Waals surface area contributed by atoms with Crippen LogP contribution in [0.3, 0.4) is 0 Å². The van der Waals surface area contributed by atoms with E-state index in [4.69, 9.17) is 4.52 Å². The van der Waals surface area contributed by atoms with Crippen molar-refractivity contribution in [1.82, 2.24) is 10.5 Å². The first-order valence-corrected chi connectivity index (χ1v) is 8.06. The third kappa shape index (κ3) is 4.83. The Balaban J connectivity index is 1.83. The fraction of sp³-hybridized carbons (Fsp3) is 0.267. The number of aryl methyl sites for hydroxylation is 1. The van der Waals surface area contributed by atoms with Gasteiger partial charge in [-0.15, -0.1) is 11.8 Å². The molecule has 2 aromatic rings. The fourth-order valence-corrected chi connectivity index (χ4v) is 2.22. The molecule has 0 bridgehead atoms. The Hall–Kier alpha value is -2.32. The van der Waals surface area contributed by atoms with Crippen molar-refractivity contribution in [3.05, 3.63) is 41.7 Å². The summed E-state index contributed by atoms with van der Waals surface area (Å²) in [6.07, 6.45) is 1.07. The molecule has 3 N–H and O–H groups in total. The van der Waals surface area contributed by atoms with E-state index >= 15 is 0 Å². The number of aliphatic hydroxyl groups excluding tert-OH is 1. The maximum Gasteiger partial charge on any atom is 0.314 e. The number of hydrogen-bond donors (Lipinski definition) is 3. The Labute approximate surface area is 137 Å². The molecule has 0 saturated heterocycles. The average molecular weight is 335 g/mol. The molecular formula is C15H17N3O4S. The summed E-state index contributed by atoms with van der Waals surface area (Å²) in [6.45, 7) is 1.60. The van der Waals surface area contributed by atoms with Gasteiger partial charge in [0.2, 0.25) is 0 Å². The van der Waals surface area contributed by atoms with E-state index in [1.807, 2.05) is 18.4 Å². The van der Waals surface area contributed by atoms with Crippen LogP contribution in [0.25, 0.3) is 0 Å². The Morgan fingerprint density at radius 3 is 2.57 bits per heavy atom. The van der Waals surface area contributed by atoms with Crippen LogP contribution in [0.4, 0.5) is 5.82 Å². The number of aromatic nitrogens is 1. The lowest BCUT2D eigenvalue weighted by molar-refractivity contribution is -0.136. The molecule has 2 amide bonds. The van der Waals surface area contributed by atoms with E-state index in [1.54, 1.807) is 30.8 Å². The Bertz CT molecular complexity index is 684. The smallest absolute Gasteiger partial charge is 0.314 e. The van der Waals surface area contributed by atoms with E-state index in [9.17, 15) is 14.7 Å². The number of benzene rings is 1. The molecule has 0 aliphatic carbocycles. The third-order valence-corrected chi connectivity index (χ3v) is 3.78. The van der Waals surface area contributed by atoms with Gasteiger partial charge in [-0.1, -0.05) is 17.3 Å². The van der Waals surface area contributed by atoms with Crippen LogP contribution in [0.2, 0.25) is 0 Å². The van der Waals surface area contributed by atoms with Gasteiger partial charge >= 0.3 is 11.8 Å². The fourth-order valence-electron chi connectivity index (χ4n) is 1.81. The minimum atomic E-state index is -0.892. The molecule has 1 atom stereocenters. The molecule has 122 valence electrons. The van der Waals surface area contributed by atoms with Crippen molar-refractivity contribution in [2.45, 2.75) is 17.9 Å². The molecule has 1 aromatic carbocycles. The molecule has 0 radical (unpaired) electrons. The van der Waals surface area contributed by atoms with Crippen molar-refractivity contribution >= 4 is 29.4 Å². The first-order valence-electron chi connectivity index (χ1n) is 6.84. The standard InChI is InChI=1S/C15H17N3O4S/c1-9-7-13(18-22-9)17-15(21)14(20)16-8-12(19)10-3-5-11(23-2)6-4-10/h3-7,12,19H,8H2,1-2H3,(H,16,20)(H,17,18,21)/t12-/m0/s1. The van der Waals surface area contributed by atoms with Crippen molar-refractivity contribution in [2.24, 2.45) is 0 Å².